The third-order valence-corrected chi connectivity index (χ3v) is 5.52. The highest BCUT2D eigenvalue weighted by molar-refractivity contribution is 7.99. The summed E-state index contributed by atoms with van der Waals surface area (Å²) in [7, 11) is 1.42. The molecular weight excluding hydrogens is 288 g/mol. The number of ether oxygens (including phenoxy) is 1. The highest BCUT2D eigenvalue weighted by atomic mass is 32.2. The van der Waals surface area contributed by atoms with Crippen LogP contribution in [0.15, 0.2) is 17.0 Å². The van der Waals surface area contributed by atoms with E-state index in [2.05, 4.69) is 5.32 Å². The van der Waals surface area contributed by atoms with Gasteiger partial charge in [-0.3, -0.25) is 9.59 Å². The van der Waals surface area contributed by atoms with Crippen molar-refractivity contribution in [3.05, 3.63) is 17.7 Å². The minimum absolute atomic E-state index is 0.0101. The quantitative estimate of drug-likeness (QED) is 0.495. The van der Waals surface area contributed by atoms with Crippen LogP contribution in [0.4, 0.5) is 11.4 Å². The first-order valence-corrected chi connectivity index (χ1v) is 7.92. The Labute approximate surface area is 127 Å². The third kappa shape index (κ3) is 3.00. The molecule has 5 nitrogen and oxygen atoms in total. The summed E-state index contributed by atoms with van der Waals surface area (Å²) in [5.41, 5.74) is 8.64. The normalized spacial score (nSPS) is 18.0. The SMILES string of the molecule is COC(=O)CC1(CSc2cc3c(cc2N)CC(=O)N3)CC1. The number of carbonyl (C=O) groups is 2. The largest absolute Gasteiger partial charge is 0.469 e. The molecule has 0 spiro atoms. The van der Waals surface area contributed by atoms with Crippen LogP contribution >= 0.6 is 11.8 Å². The van der Waals surface area contributed by atoms with E-state index in [-0.39, 0.29) is 17.3 Å². The Hall–Kier alpha value is -1.69. The maximum absolute atomic E-state index is 11.4. The predicted octanol–water partition coefficient (Wildman–Crippen LogP) is 2.20. The predicted molar refractivity (Wildman–Crippen MR) is 82.2 cm³/mol. The van der Waals surface area contributed by atoms with Crippen molar-refractivity contribution < 1.29 is 14.3 Å². The van der Waals surface area contributed by atoms with Gasteiger partial charge in [0.1, 0.15) is 0 Å². The van der Waals surface area contributed by atoms with Crippen molar-refractivity contribution in [2.24, 2.45) is 5.41 Å². The molecule has 3 rings (SSSR count). The number of amides is 1. The lowest BCUT2D eigenvalue weighted by Crippen LogP contribution is -2.13. The summed E-state index contributed by atoms with van der Waals surface area (Å²) >= 11 is 1.65. The van der Waals surface area contributed by atoms with Crippen LogP contribution in [0.2, 0.25) is 0 Å². The molecule has 6 heteroatoms. The number of benzene rings is 1. The van der Waals surface area contributed by atoms with Gasteiger partial charge in [-0.2, -0.15) is 0 Å². The zero-order chi connectivity index (χ0) is 15.0. The Morgan fingerprint density at radius 3 is 2.90 bits per heavy atom. The van der Waals surface area contributed by atoms with Crippen LogP contribution in [-0.4, -0.2) is 24.7 Å². The standard InChI is InChI=1S/C15H18N2O3S/c1-20-14(19)7-15(2-3-15)8-21-12-6-11-9(4-10(12)16)5-13(18)17-11/h4,6H,2-3,5,7-8,16H2,1H3,(H,17,18). The van der Waals surface area contributed by atoms with Crippen LogP contribution in [-0.2, 0) is 20.7 Å². The number of nitrogens with two attached hydrogens (primary N) is 1. The molecule has 2 aliphatic rings. The number of hydrogen-bond acceptors (Lipinski definition) is 5. The van der Waals surface area contributed by atoms with E-state index in [9.17, 15) is 9.59 Å². The average molecular weight is 306 g/mol. The Bertz CT molecular complexity index is 611. The molecule has 112 valence electrons. The highest BCUT2D eigenvalue weighted by Gasteiger charge is 2.44. The van der Waals surface area contributed by atoms with Gasteiger partial charge < -0.3 is 15.8 Å². The molecule has 1 aromatic rings. The molecule has 1 saturated carbocycles. The van der Waals surface area contributed by atoms with Gasteiger partial charge in [-0.05, 0) is 36.0 Å². The second-order valence-corrected chi connectivity index (χ2v) is 6.83. The van der Waals surface area contributed by atoms with Crippen LogP contribution in [0.1, 0.15) is 24.8 Å². The number of rotatable bonds is 5. The van der Waals surface area contributed by atoms with Gasteiger partial charge in [0, 0.05) is 22.0 Å². The Morgan fingerprint density at radius 1 is 1.48 bits per heavy atom. The summed E-state index contributed by atoms with van der Waals surface area (Å²) in [6.07, 6.45) is 2.97. The van der Waals surface area contributed by atoms with E-state index in [1.807, 2.05) is 12.1 Å². The van der Waals surface area contributed by atoms with E-state index in [0.717, 1.165) is 34.7 Å². The maximum atomic E-state index is 11.4. The van der Waals surface area contributed by atoms with Gasteiger partial charge in [0.05, 0.1) is 20.0 Å². The number of hydrogen-bond donors (Lipinski definition) is 2. The summed E-state index contributed by atoms with van der Waals surface area (Å²) in [6, 6.07) is 3.81. The van der Waals surface area contributed by atoms with E-state index in [0.29, 0.717) is 18.5 Å². The fourth-order valence-corrected chi connectivity index (χ4v) is 3.84. The van der Waals surface area contributed by atoms with Crippen molar-refractivity contribution in [3.63, 3.8) is 0 Å². The Kier molecular flexibility index (Phi) is 3.57. The summed E-state index contributed by atoms with van der Waals surface area (Å²) < 4.78 is 4.75. The first kappa shape index (κ1) is 14.3. The van der Waals surface area contributed by atoms with E-state index >= 15 is 0 Å². The monoisotopic (exact) mass is 306 g/mol. The third-order valence-electron chi connectivity index (χ3n) is 4.10. The van der Waals surface area contributed by atoms with Crippen molar-refractivity contribution in [3.8, 4) is 0 Å². The van der Waals surface area contributed by atoms with Gasteiger partial charge in [0.2, 0.25) is 5.91 Å². The topological polar surface area (TPSA) is 81.4 Å². The lowest BCUT2D eigenvalue weighted by molar-refractivity contribution is -0.141. The Balaban J connectivity index is 1.68. The van der Waals surface area contributed by atoms with Crippen LogP contribution in [0.3, 0.4) is 0 Å². The second-order valence-electron chi connectivity index (χ2n) is 5.81. The number of methoxy groups -OCH3 is 1. The first-order valence-electron chi connectivity index (χ1n) is 6.93. The van der Waals surface area contributed by atoms with E-state index in [1.54, 1.807) is 11.8 Å². The minimum atomic E-state index is -0.151. The number of carbonyl (C=O) groups excluding carboxylic acids is 2. The molecule has 3 N–H and O–H groups in total. The molecule has 1 fully saturated rings. The number of nitrogen functional groups attached to an aromatic ring is 1. The molecule has 1 aromatic carbocycles. The fraction of sp³-hybridized carbons (Fsp3) is 0.467. The van der Waals surface area contributed by atoms with Crippen molar-refractivity contribution in [1.29, 1.82) is 0 Å². The first-order chi connectivity index (χ1) is 10.0. The van der Waals surface area contributed by atoms with Crippen molar-refractivity contribution in [1.82, 2.24) is 0 Å². The van der Waals surface area contributed by atoms with E-state index in [4.69, 9.17) is 10.5 Å². The van der Waals surface area contributed by atoms with E-state index < -0.39 is 0 Å². The summed E-state index contributed by atoms with van der Waals surface area (Å²) in [4.78, 5) is 23.8. The van der Waals surface area contributed by atoms with Gasteiger partial charge in [-0.1, -0.05) is 0 Å². The van der Waals surface area contributed by atoms with Crippen LogP contribution in [0, 0.1) is 5.41 Å². The highest BCUT2D eigenvalue weighted by Crippen LogP contribution is 2.52. The number of anilines is 2. The summed E-state index contributed by atoms with van der Waals surface area (Å²) in [5, 5.41) is 2.84. The molecule has 0 unspecified atom stereocenters. The Morgan fingerprint density at radius 2 is 2.24 bits per heavy atom. The molecule has 0 atom stereocenters. The van der Waals surface area contributed by atoms with Crippen molar-refractivity contribution in [2.75, 3.05) is 23.9 Å². The fourth-order valence-electron chi connectivity index (χ4n) is 2.56. The van der Waals surface area contributed by atoms with Crippen LogP contribution in [0.5, 0.6) is 0 Å². The molecule has 1 aliphatic carbocycles. The van der Waals surface area contributed by atoms with Crippen molar-refractivity contribution >= 4 is 35.0 Å². The number of fused-ring (bicyclic) bond motifs is 1. The lowest BCUT2D eigenvalue weighted by Gasteiger charge is -2.14. The smallest absolute Gasteiger partial charge is 0.306 e. The molecule has 1 aliphatic heterocycles. The average Bonchev–Trinajstić information content (AvgIpc) is 3.10. The zero-order valence-corrected chi connectivity index (χ0v) is 12.7. The zero-order valence-electron chi connectivity index (χ0n) is 11.9. The molecule has 21 heavy (non-hydrogen) atoms. The number of thioether (sulfide) groups is 1. The van der Waals surface area contributed by atoms with Gasteiger partial charge in [-0.25, -0.2) is 0 Å². The summed E-state index contributed by atoms with van der Waals surface area (Å²) in [6.45, 7) is 0. The minimum Gasteiger partial charge on any atom is -0.469 e. The van der Waals surface area contributed by atoms with Gasteiger partial charge >= 0.3 is 5.97 Å². The molecule has 0 aromatic heterocycles. The molecular formula is C15H18N2O3S. The van der Waals surface area contributed by atoms with Crippen molar-refractivity contribution in [2.45, 2.75) is 30.6 Å². The lowest BCUT2D eigenvalue weighted by atomic mass is 10.1. The molecule has 0 radical (unpaired) electrons. The maximum Gasteiger partial charge on any atom is 0.306 e. The van der Waals surface area contributed by atoms with Crippen LogP contribution < -0.4 is 11.1 Å². The number of esters is 1. The summed E-state index contributed by atoms with van der Waals surface area (Å²) in [5.74, 6) is 0.706. The van der Waals surface area contributed by atoms with Gasteiger partial charge in [0.15, 0.2) is 0 Å². The number of nitrogens with one attached hydrogen (secondary N) is 1. The second kappa shape index (κ2) is 5.26. The molecule has 1 amide bonds. The van der Waals surface area contributed by atoms with E-state index in [1.165, 1.54) is 7.11 Å². The molecule has 1 heterocycles. The van der Waals surface area contributed by atoms with Crippen LogP contribution in [0.25, 0.3) is 0 Å². The van der Waals surface area contributed by atoms with Gasteiger partial charge in [0.25, 0.3) is 0 Å². The molecule has 0 saturated heterocycles. The molecule has 0 bridgehead atoms. The van der Waals surface area contributed by atoms with Gasteiger partial charge in [-0.15, -0.1) is 11.8 Å².